The zero-order chi connectivity index (χ0) is 11.4. The van der Waals surface area contributed by atoms with Crippen LogP contribution < -0.4 is 0 Å². The molecule has 4 heteroatoms. The molecule has 0 saturated carbocycles. The van der Waals surface area contributed by atoms with Crippen molar-refractivity contribution in [2.24, 2.45) is 0 Å². The highest BCUT2D eigenvalue weighted by Crippen LogP contribution is 2.32. The van der Waals surface area contributed by atoms with Crippen LogP contribution >= 0.6 is 39.0 Å². The Labute approximate surface area is 112 Å². The van der Waals surface area contributed by atoms with Gasteiger partial charge in [0.15, 0.2) is 0 Å². The summed E-state index contributed by atoms with van der Waals surface area (Å²) in [7, 11) is 0. The molecule has 16 heavy (non-hydrogen) atoms. The first-order chi connectivity index (χ1) is 7.77. The van der Waals surface area contributed by atoms with Gasteiger partial charge in [0.25, 0.3) is 0 Å². The molecule has 0 amide bonds. The first kappa shape index (κ1) is 12.2. The van der Waals surface area contributed by atoms with E-state index in [2.05, 4.69) is 28.1 Å². The molecule has 0 radical (unpaired) electrons. The average Bonchev–Trinajstić information content (AvgIpc) is 2.74. The molecule has 1 aromatic heterocycles. The van der Waals surface area contributed by atoms with Crippen LogP contribution in [0, 0.1) is 0 Å². The van der Waals surface area contributed by atoms with Crippen molar-refractivity contribution in [1.82, 2.24) is 0 Å². The number of rotatable bonds is 4. The van der Waals surface area contributed by atoms with Crippen molar-refractivity contribution in [3.05, 3.63) is 51.1 Å². The van der Waals surface area contributed by atoms with Gasteiger partial charge in [-0.3, -0.25) is 0 Å². The Kier molecular flexibility index (Phi) is 4.46. The normalized spacial score (nSPS) is 12.6. The molecule has 0 aliphatic rings. The zero-order valence-corrected chi connectivity index (χ0v) is 11.7. The van der Waals surface area contributed by atoms with Crippen molar-refractivity contribution in [1.29, 1.82) is 0 Å². The van der Waals surface area contributed by atoms with Gasteiger partial charge in [-0.15, -0.1) is 23.1 Å². The van der Waals surface area contributed by atoms with Crippen molar-refractivity contribution in [3.63, 3.8) is 0 Å². The smallest absolute Gasteiger partial charge is 0.0986 e. The van der Waals surface area contributed by atoms with E-state index in [9.17, 15) is 5.11 Å². The summed E-state index contributed by atoms with van der Waals surface area (Å²) in [6.07, 6.45) is -0.403. The first-order valence-electron chi connectivity index (χ1n) is 4.86. The topological polar surface area (TPSA) is 20.2 Å². The molecule has 0 fully saturated rings. The fraction of sp³-hybridized carbons (Fsp3) is 0.167. The molecule has 1 N–H and O–H groups in total. The lowest BCUT2D eigenvalue weighted by molar-refractivity contribution is 0.207. The molecular formula is C12H11BrOS2. The van der Waals surface area contributed by atoms with Gasteiger partial charge >= 0.3 is 0 Å². The van der Waals surface area contributed by atoms with Gasteiger partial charge in [-0.25, -0.2) is 0 Å². The van der Waals surface area contributed by atoms with Crippen LogP contribution in [0.15, 0.2) is 51.1 Å². The number of aliphatic hydroxyl groups excluding tert-OH is 1. The summed E-state index contributed by atoms with van der Waals surface area (Å²) in [6.45, 7) is 0. The van der Waals surface area contributed by atoms with Crippen LogP contribution in [0.25, 0.3) is 0 Å². The summed E-state index contributed by atoms with van der Waals surface area (Å²) < 4.78 is 0.999. The van der Waals surface area contributed by atoms with Gasteiger partial charge in [0.05, 0.1) is 6.10 Å². The molecule has 0 bridgehead atoms. The molecule has 1 heterocycles. The predicted molar refractivity (Wildman–Crippen MR) is 74.1 cm³/mol. The second-order valence-electron chi connectivity index (χ2n) is 3.27. The molecule has 0 aliphatic carbocycles. The maximum atomic E-state index is 10.0. The molecular weight excluding hydrogens is 304 g/mol. The van der Waals surface area contributed by atoms with Crippen molar-refractivity contribution >= 4 is 39.0 Å². The summed E-state index contributed by atoms with van der Waals surface area (Å²) in [4.78, 5) is 2.19. The van der Waals surface area contributed by atoms with E-state index in [0.717, 1.165) is 9.35 Å². The molecule has 1 atom stereocenters. The number of aliphatic hydroxyl groups is 1. The Balaban J connectivity index is 1.94. The van der Waals surface area contributed by atoms with E-state index in [4.69, 9.17) is 0 Å². The van der Waals surface area contributed by atoms with E-state index < -0.39 is 6.10 Å². The van der Waals surface area contributed by atoms with Gasteiger partial charge in [-0.2, -0.15) is 0 Å². The van der Waals surface area contributed by atoms with Gasteiger partial charge in [-0.05, 0) is 39.5 Å². The summed E-state index contributed by atoms with van der Waals surface area (Å²) in [5.41, 5.74) is 0. The van der Waals surface area contributed by atoms with Crippen LogP contribution in [0.4, 0.5) is 0 Å². The lowest BCUT2D eigenvalue weighted by Crippen LogP contribution is -1.98. The molecule has 2 rings (SSSR count). The van der Waals surface area contributed by atoms with Gasteiger partial charge < -0.3 is 5.11 Å². The molecule has 0 aliphatic heterocycles. The van der Waals surface area contributed by atoms with Gasteiger partial charge in [0.2, 0.25) is 0 Å². The minimum Gasteiger partial charge on any atom is -0.387 e. The van der Waals surface area contributed by atoms with E-state index in [0.29, 0.717) is 5.75 Å². The van der Waals surface area contributed by atoms with E-state index in [1.54, 1.807) is 23.1 Å². The molecule has 0 spiro atoms. The number of thiophene rings is 1. The molecule has 1 nitrogen and oxygen atoms in total. The highest BCUT2D eigenvalue weighted by Gasteiger charge is 2.12. The average molecular weight is 315 g/mol. The van der Waals surface area contributed by atoms with Crippen molar-refractivity contribution in [2.45, 2.75) is 11.0 Å². The lowest BCUT2D eigenvalue weighted by atomic mass is 10.3. The van der Waals surface area contributed by atoms with Crippen LogP contribution in [-0.2, 0) is 0 Å². The van der Waals surface area contributed by atoms with Crippen molar-refractivity contribution < 1.29 is 5.11 Å². The maximum Gasteiger partial charge on any atom is 0.0986 e. The Morgan fingerprint density at radius 2 is 2.00 bits per heavy atom. The largest absolute Gasteiger partial charge is 0.387 e. The third-order valence-electron chi connectivity index (χ3n) is 2.10. The van der Waals surface area contributed by atoms with Gasteiger partial charge in [0, 0.05) is 20.0 Å². The standard InChI is InChI=1S/C12H11BrOS2/c13-10-6-7-15-12(10)11(14)8-16-9-4-2-1-3-5-9/h1-7,11,14H,8H2. The summed E-state index contributed by atoms with van der Waals surface area (Å²) >= 11 is 6.69. The maximum absolute atomic E-state index is 10.0. The molecule has 1 aromatic carbocycles. The van der Waals surface area contributed by atoms with Crippen LogP contribution in [0.1, 0.15) is 11.0 Å². The number of hydrogen-bond acceptors (Lipinski definition) is 3. The van der Waals surface area contributed by atoms with E-state index in [1.807, 2.05) is 29.6 Å². The van der Waals surface area contributed by atoms with Crippen LogP contribution in [-0.4, -0.2) is 10.9 Å². The van der Waals surface area contributed by atoms with Crippen LogP contribution in [0.5, 0.6) is 0 Å². The van der Waals surface area contributed by atoms with Crippen LogP contribution in [0.3, 0.4) is 0 Å². The third kappa shape index (κ3) is 3.10. The number of halogens is 1. The first-order valence-corrected chi connectivity index (χ1v) is 7.52. The molecule has 1 unspecified atom stereocenters. The van der Waals surface area contributed by atoms with Crippen molar-refractivity contribution in [3.8, 4) is 0 Å². The molecule has 84 valence electrons. The lowest BCUT2D eigenvalue weighted by Gasteiger charge is -2.08. The SMILES string of the molecule is OC(CSc1ccccc1)c1sccc1Br. The fourth-order valence-electron chi connectivity index (χ4n) is 1.31. The van der Waals surface area contributed by atoms with E-state index in [-0.39, 0.29) is 0 Å². The minimum atomic E-state index is -0.403. The second-order valence-corrected chi connectivity index (χ2v) is 6.17. The number of hydrogen-bond donors (Lipinski definition) is 1. The Morgan fingerprint density at radius 3 is 2.62 bits per heavy atom. The Hall–Kier alpha value is -0.290. The fourth-order valence-corrected chi connectivity index (χ4v) is 3.91. The van der Waals surface area contributed by atoms with Crippen LogP contribution in [0.2, 0.25) is 0 Å². The van der Waals surface area contributed by atoms with E-state index >= 15 is 0 Å². The highest BCUT2D eigenvalue weighted by atomic mass is 79.9. The van der Waals surface area contributed by atoms with Crippen molar-refractivity contribution in [2.75, 3.05) is 5.75 Å². The summed E-state index contributed by atoms with van der Waals surface area (Å²) in [5, 5.41) is 12.0. The monoisotopic (exact) mass is 314 g/mol. The number of thioether (sulfide) groups is 1. The Morgan fingerprint density at radius 1 is 1.25 bits per heavy atom. The molecule has 0 saturated heterocycles. The highest BCUT2D eigenvalue weighted by molar-refractivity contribution is 9.10. The quantitative estimate of drug-likeness (QED) is 0.847. The summed E-state index contributed by atoms with van der Waals surface area (Å²) in [5.74, 6) is 0.684. The summed E-state index contributed by atoms with van der Waals surface area (Å²) in [6, 6.07) is 12.1. The van der Waals surface area contributed by atoms with E-state index in [1.165, 1.54) is 4.90 Å². The predicted octanol–water partition coefficient (Wildman–Crippen LogP) is 4.34. The third-order valence-corrected chi connectivity index (χ3v) is 5.16. The Bertz CT molecular complexity index is 441. The minimum absolute atomic E-state index is 0.403. The van der Waals surface area contributed by atoms with Gasteiger partial charge in [0.1, 0.15) is 0 Å². The number of benzene rings is 1. The zero-order valence-electron chi connectivity index (χ0n) is 8.47. The van der Waals surface area contributed by atoms with Gasteiger partial charge in [-0.1, -0.05) is 18.2 Å². The molecule has 2 aromatic rings. The second kappa shape index (κ2) is 5.87.